The van der Waals surface area contributed by atoms with Crippen LogP contribution in [-0.2, 0) is 4.79 Å². The number of carbonyl (C=O) groups is 2. The highest BCUT2D eigenvalue weighted by molar-refractivity contribution is 6.21. The molecule has 4 nitrogen and oxygen atoms in total. The lowest BCUT2D eigenvalue weighted by Crippen LogP contribution is -2.33. The Hall–Kier alpha value is -1.84. The van der Waals surface area contributed by atoms with Gasteiger partial charge in [0.05, 0.1) is 5.69 Å². The van der Waals surface area contributed by atoms with Crippen LogP contribution in [0.5, 0.6) is 0 Å². The minimum Gasteiger partial charge on any atom is -0.312 e. The summed E-state index contributed by atoms with van der Waals surface area (Å²) in [6.45, 7) is 2.73. The maximum atomic E-state index is 12.3. The fourth-order valence-corrected chi connectivity index (χ4v) is 2.71. The highest BCUT2D eigenvalue weighted by atomic mass is 16.2. The van der Waals surface area contributed by atoms with Gasteiger partial charge in [0.15, 0.2) is 0 Å². The molecule has 0 aromatic heterocycles. The highest BCUT2D eigenvalue weighted by Gasteiger charge is 2.51. The Labute approximate surface area is 99.8 Å². The zero-order valence-corrected chi connectivity index (χ0v) is 9.67. The second-order valence-electron chi connectivity index (χ2n) is 4.70. The number of imide groups is 1. The summed E-state index contributed by atoms with van der Waals surface area (Å²) < 4.78 is 0. The fourth-order valence-electron chi connectivity index (χ4n) is 2.71. The number of hydrogen-bond donors (Lipinski definition) is 0. The zero-order valence-electron chi connectivity index (χ0n) is 9.67. The molecule has 2 heterocycles. The molecule has 2 fully saturated rings. The van der Waals surface area contributed by atoms with Crippen molar-refractivity contribution in [3.63, 3.8) is 0 Å². The SMILES string of the molecule is CC1CCN2C(=O)N(c3ccccc3)C(=O)C12. The van der Waals surface area contributed by atoms with Crippen LogP contribution < -0.4 is 4.90 Å². The number of anilines is 1. The number of hydrogen-bond acceptors (Lipinski definition) is 2. The number of fused-ring (bicyclic) bond motifs is 1. The average molecular weight is 230 g/mol. The molecule has 2 atom stereocenters. The van der Waals surface area contributed by atoms with Crippen molar-refractivity contribution in [2.75, 3.05) is 11.4 Å². The molecule has 17 heavy (non-hydrogen) atoms. The van der Waals surface area contributed by atoms with Gasteiger partial charge in [-0.2, -0.15) is 0 Å². The molecule has 4 heteroatoms. The summed E-state index contributed by atoms with van der Waals surface area (Å²) in [4.78, 5) is 27.4. The van der Waals surface area contributed by atoms with E-state index in [1.807, 2.05) is 25.1 Å². The smallest absolute Gasteiger partial charge is 0.312 e. The lowest BCUT2D eigenvalue weighted by molar-refractivity contribution is -0.120. The Morgan fingerprint density at radius 2 is 1.88 bits per heavy atom. The van der Waals surface area contributed by atoms with Gasteiger partial charge in [-0.05, 0) is 24.5 Å². The van der Waals surface area contributed by atoms with E-state index in [0.717, 1.165) is 6.42 Å². The number of nitrogens with zero attached hydrogens (tertiary/aromatic N) is 2. The highest BCUT2D eigenvalue weighted by Crippen LogP contribution is 2.34. The second kappa shape index (κ2) is 3.58. The second-order valence-corrected chi connectivity index (χ2v) is 4.70. The molecule has 88 valence electrons. The van der Waals surface area contributed by atoms with Crippen LogP contribution in [0.1, 0.15) is 13.3 Å². The van der Waals surface area contributed by atoms with E-state index in [4.69, 9.17) is 0 Å². The molecule has 0 aliphatic carbocycles. The molecule has 2 saturated heterocycles. The molecule has 0 radical (unpaired) electrons. The van der Waals surface area contributed by atoms with E-state index in [2.05, 4.69) is 0 Å². The van der Waals surface area contributed by atoms with Gasteiger partial charge in [-0.3, -0.25) is 4.79 Å². The molecule has 0 N–H and O–H groups in total. The van der Waals surface area contributed by atoms with Crippen LogP contribution in [0.25, 0.3) is 0 Å². The molecule has 2 aliphatic rings. The monoisotopic (exact) mass is 230 g/mol. The topological polar surface area (TPSA) is 40.6 Å². The summed E-state index contributed by atoms with van der Waals surface area (Å²) in [6, 6.07) is 8.72. The lowest BCUT2D eigenvalue weighted by Gasteiger charge is -2.15. The van der Waals surface area contributed by atoms with Crippen molar-refractivity contribution in [2.24, 2.45) is 5.92 Å². The quantitative estimate of drug-likeness (QED) is 0.691. The van der Waals surface area contributed by atoms with Crippen LogP contribution in [0.2, 0.25) is 0 Å². The first-order valence-corrected chi connectivity index (χ1v) is 5.90. The van der Waals surface area contributed by atoms with E-state index < -0.39 is 0 Å². The van der Waals surface area contributed by atoms with Gasteiger partial charge in [-0.15, -0.1) is 0 Å². The van der Waals surface area contributed by atoms with E-state index in [0.29, 0.717) is 12.2 Å². The van der Waals surface area contributed by atoms with Crippen molar-refractivity contribution in [2.45, 2.75) is 19.4 Å². The Morgan fingerprint density at radius 3 is 2.53 bits per heavy atom. The minimum absolute atomic E-state index is 0.0776. The van der Waals surface area contributed by atoms with Gasteiger partial charge in [0, 0.05) is 6.54 Å². The Balaban J connectivity index is 1.99. The van der Waals surface area contributed by atoms with Crippen molar-refractivity contribution >= 4 is 17.6 Å². The first-order valence-electron chi connectivity index (χ1n) is 5.90. The number of benzene rings is 1. The van der Waals surface area contributed by atoms with Gasteiger partial charge >= 0.3 is 6.03 Å². The van der Waals surface area contributed by atoms with Crippen molar-refractivity contribution in [1.29, 1.82) is 0 Å². The lowest BCUT2D eigenvalue weighted by atomic mass is 10.0. The third kappa shape index (κ3) is 1.37. The zero-order chi connectivity index (χ0) is 12.0. The molecular weight excluding hydrogens is 216 g/mol. The molecule has 0 saturated carbocycles. The summed E-state index contributed by atoms with van der Waals surface area (Å²) in [7, 11) is 0. The number of amides is 3. The van der Waals surface area contributed by atoms with Gasteiger partial charge in [0.1, 0.15) is 6.04 Å². The summed E-state index contributed by atoms with van der Waals surface area (Å²) in [5.74, 6) is 0.186. The van der Waals surface area contributed by atoms with Crippen molar-refractivity contribution in [1.82, 2.24) is 4.90 Å². The molecule has 0 spiro atoms. The van der Waals surface area contributed by atoms with Crippen LogP contribution >= 0.6 is 0 Å². The van der Waals surface area contributed by atoms with Crippen molar-refractivity contribution in [3.8, 4) is 0 Å². The third-order valence-electron chi connectivity index (χ3n) is 3.62. The summed E-state index contributed by atoms with van der Waals surface area (Å²) in [5, 5.41) is 0. The van der Waals surface area contributed by atoms with Gasteiger partial charge < -0.3 is 4.90 Å². The summed E-state index contributed by atoms with van der Waals surface area (Å²) >= 11 is 0. The maximum absolute atomic E-state index is 12.3. The van der Waals surface area contributed by atoms with Gasteiger partial charge in [0.2, 0.25) is 0 Å². The van der Waals surface area contributed by atoms with E-state index in [1.54, 1.807) is 17.0 Å². The van der Waals surface area contributed by atoms with Gasteiger partial charge in [0.25, 0.3) is 5.91 Å². The Kier molecular flexibility index (Phi) is 2.18. The fraction of sp³-hybridized carbons (Fsp3) is 0.385. The number of urea groups is 1. The first-order chi connectivity index (χ1) is 8.20. The summed E-state index contributed by atoms with van der Waals surface area (Å²) in [5.41, 5.74) is 0.670. The molecular formula is C13H14N2O2. The van der Waals surface area contributed by atoms with E-state index >= 15 is 0 Å². The van der Waals surface area contributed by atoms with Crippen LogP contribution in [0, 0.1) is 5.92 Å². The first kappa shape index (κ1) is 10.3. The summed E-state index contributed by atoms with van der Waals surface area (Å²) in [6.07, 6.45) is 0.921. The van der Waals surface area contributed by atoms with Crippen molar-refractivity contribution < 1.29 is 9.59 Å². The largest absolute Gasteiger partial charge is 0.332 e. The molecule has 2 unspecified atom stereocenters. The molecule has 2 aliphatic heterocycles. The van der Waals surface area contributed by atoms with Crippen molar-refractivity contribution in [3.05, 3.63) is 30.3 Å². The van der Waals surface area contributed by atoms with E-state index in [9.17, 15) is 9.59 Å². The van der Waals surface area contributed by atoms with Gasteiger partial charge in [-0.1, -0.05) is 25.1 Å². The maximum Gasteiger partial charge on any atom is 0.332 e. The Morgan fingerprint density at radius 1 is 1.18 bits per heavy atom. The average Bonchev–Trinajstić information content (AvgIpc) is 2.82. The van der Waals surface area contributed by atoms with E-state index in [-0.39, 0.29) is 23.9 Å². The standard InChI is InChI=1S/C13H14N2O2/c1-9-7-8-14-11(9)12(16)15(13(14)17)10-5-3-2-4-6-10/h2-6,9,11H,7-8H2,1H3. The molecule has 0 bridgehead atoms. The van der Waals surface area contributed by atoms with Crippen LogP contribution in [0.15, 0.2) is 30.3 Å². The number of rotatable bonds is 1. The molecule has 3 rings (SSSR count). The van der Waals surface area contributed by atoms with Gasteiger partial charge in [-0.25, -0.2) is 9.69 Å². The molecule has 1 aromatic rings. The normalized spacial score (nSPS) is 27.8. The number of para-hydroxylation sites is 1. The molecule has 3 amide bonds. The predicted octanol–water partition coefficient (Wildman–Crippen LogP) is 1.86. The van der Waals surface area contributed by atoms with Crippen LogP contribution in [0.4, 0.5) is 10.5 Å². The van der Waals surface area contributed by atoms with E-state index in [1.165, 1.54) is 4.90 Å². The number of carbonyl (C=O) groups excluding carboxylic acids is 2. The predicted molar refractivity (Wildman–Crippen MR) is 63.6 cm³/mol. The van der Waals surface area contributed by atoms with Crippen LogP contribution in [-0.4, -0.2) is 29.4 Å². The minimum atomic E-state index is -0.247. The van der Waals surface area contributed by atoms with Crippen LogP contribution in [0.3, 0.4) is 0 Å². The third-order valence-corrected chi connectivity index (χ3v) is 3.62. The molecule has 1 aromatic carbocycles. The Bertz CT molecular complexity index is 472.